The number of nitriles is 1. The van der Waals surface area contributed by atoms with Crippen molar-refractivity contribution in [2.75, 3.05) is 38.8 Å². The van der Waals surface area contributed by atoms with Gasteiger partial charge in [-0.2, -0.15) is 5.26 Å². The van der Waals surface area contributed by atoms with E-state index >= 15 is 0 Å². The minimum Gasteiger partial charge on any atom is -0.383 e. The summed E-state index contributed by atoms with van der Waals surface area (Å²) in [6, 6.07) is 7.06. The lowest BCUT2D eigenvalue weighted by molar-refractivity contribution is -0.119. The maximum atomic E-state index is 11.7. The number of anilines is 1. The van der Waals surface area contributed by atoms with Crippen molar-refractivity contribution in [1.82, 2.24) is 5.32 Å². The first-order valence-electron chi connectivity index (χ1n) is 5.75. The molecule has 1 N–H and O–H groups in total. The van der Waals surface area contributed by atoms with Crippen LogP contribution in [0.5, 0.6) is 0 Å². The largest absolute Gasteiger partial charge is 0.383 e. The van der Waals surface area contributed by atoms with Crippen LogP contribution < -0.4 is 10.2 Å². The van der Waals surface area contributed by atoms with Gasteiger partial charge in [0.1, 0.15) is 6.07 Å². The third kappa shape index (κ3) is 4.78. The first kappa shape index (κ1) is 15.3. The van der Waals surface area contributed by atoms with Crippen LogP contribution in [0.25, 0.3) is 0 Å². The fourth-order valence-corrected chi connectivity index (χ4v) is 1.75. The number of nitrogens with one attached hydrogen (secondary N) is 1. The van der Waals surface area contributed by atoms with Crippen molar-refractivity contribution >= 4 is 23.2 Å². The van der Waals surface area contributed by atoms with Gasteiger partial charge in [-0.15, -0.1) is 0 Å². The van der Waals surface area contributed by atoms with Crippen LogP contribution in [0.15, 0.2) is 18.2 Å². The first-order valence-corrected chi connectivity index (χ1v) is 6.12. The van der Waals surface area contributed by atoms with Gasteiger partial charge in [0.05, 0.1) is 24.4 Å². The van der Waals surface area contributed by atoms with E-state index in [0.717, 1.165) is 0 Å². The molecule has 1 amide bonds. The van der Waals surface area contributed by atoms with Gasteiger partial charge in [0, 0.05) is 25.7 Å². The van der Waals surface area contributed by atoms with E-state index in [1.165, 1.54) is 0 Å². The lowest BCUT2D eigenvalue weighted by Gasteiger charge is -2.20. The van der Waals surface area contributed by atoms with Gasteiger partial charge < -0.3 is 15.0 Å². The number of methoxy groups -OCH3 is 1. The minimum absolute atomic E-state index is 0.126. The molecule has 0 aliphatic rings. The van der Waals surface area contributed by atoms with Crippen LogP contribution in [-0.4, -0.2) is 39.8 Å². The molecule has 1 rings (SSSR count). The molecule has 19 heavy (non-hydrogen) atoms. The molecule has 0 fully saturated rings. The van der Waals surface area contributed by atoms with Crippen LogP contribution in [-0.2, 0) is 9.53 Å². The molecule has 102 valence electrons. The van der Waals surface area contributed by atoms with E-state index in [4.69, 9.17) is 21.6 Å². The predicted molar refractivity (Wildman–Crippen MR) is 74.3 cm³/mol. The molecule has 0 radical (unpaired) electrons. The predicted octanol–water partition coefficient (Wildman–Crippen LogP) is 1.41. The molecule has 5 nitrogen and oxygen atoms in total. The molecule has 0 saturated heterocycles. The number of hydrogen-bond donors (Lipinski definition) is 1. The van der Waals surface area contributed by atoms with E-state index in [2.05, 4.69) is 11.4 Å². The third-order valence-corrected chi connectivity index (χ3v) is 2.73. The molecule has 0 aromatic heterocycles. The van der Waals surface area contributed by atoms with Crippen LogP contribution in [0.1, 0.15) is 5.56 Å². The minimum atomic E-state index is -0.126. The van der Waals surface area contributed by atoms with Crippen LogP contribution in [0.3, 0.4) is 0 Å². The molecule has 0 bridgehead atoms. The van der Waals surface area contributed by atoms with Crippen molar-refractivity contribution in [1.29, 1.82) is 5.26 Å². The molecule has 0 saturated carbocycles. The molecule has 0 aliphatic heterocycles. The fourth-order valence-electron chi connectivity index (χ4n) is 1.58. The number of amides is 1. The second kappa shape index (κ2) is 7.62. The molecule has 1 aromatic carbocycles. The smallest absolute Gasteiger partial charge is 0.239 e. The lowest BCUT2D eigenvalue weighted by Crippen LogP contribution is -2.36. The van der Waals surface area contributed by atoms with Gasteiger partial charge in [0.15, 0.2) is 0 Å². The highest BCUT2D eigenvalue weighted by atomic mass is 35.5. The molecule has 0 atom stereocenters. The summed E-state index contributed by atoms with van der Waals surface area (Å²) in [6.07, 6.45) is 0. The molecule has 1 aromatic rings. The Morgan fingerprint density at radius 3 is 2.95 bits per heavy atom. The average Bonchev–Trinajstić information content (AvgIpc) is 2.38. The molecule has 6 heteroatoms. The molecule has 0 aliphatic carbocycles. The fraction of sp³-hybridized carbons (Fsp3) is 0.385. The Hall–Kier alpha value is -1.77. The number of carbonyl (C=O) groups excluding carboxylic acids is 1. The molecule has 0 unspecified atom stereocenters. The molecule has 0 spiro atoms. The highest BCUT2D eigenvalue weighted by molar-refractivity contribution is 6.30. The summed E-state index contributed by atoms with van der Waals surface area (Å²) in [5.74, 6) is -0.126. The maximum Gasteiger partial charge on any atom is 0.239 e. The number of carbonyl (C=O) groups is 1. The summed E-state index contributed by atoms with van der Waals surface area (Å²) in [6.45, 7) is 1.11. The van der Waals surface area contributed by atoms with Gasteiger partial charge >= 0.3 is 0 Å². The quantitative estimate of drug-likeness (QED) is 0.801. The normalized spacial score (nSPS) is 9.79. The van der Waals surface area contributed by atoms with Gasteiger partial charge in [0.25, 0.3) is 0 Å². The van der Waals surface area contributed by atoms with E-state index in [9.17, 15) is 4.79 Å². The van der Waals surface area contributed by atoms with Crippen molar-refractivity contribution in [2.24, 2.45) is 0 Å². The van der Waals surface area contributed by atoms with E-state index in [0.29, 0.717) is 29.4 Å². The van der Waals surface area contributed by atoms with E-state index in [-0.39, 0.29) is 12.5 Å². The van der Waals surface area contributed by atoms with Gasteiger partial charge in [0.2, 0.25) is 5.91 Å². The van der Waals surface area contributed by atoms with Gasteiger partial charge in [-0.3, -0.25) is 4.79 Å². The molecule has 0 heterocycles. The lowest BCUT2D eigenvalue weighted by atomic mass is 10.2. The zero-order valence-corrected chi connectivity index (χ0v) is 11.7. The Morgan fingerprint density at radius 1 is 1.58 bits per heavy atom. The Bertz CT molecular complexity index is 485. The van der Waals surface area contributed by atoms with Crippen molar-refractivity contribution in [3.05, 3.63) is 28.8 Å². The first-order chi connectivity index (χ1) is 9.08. The van der Waals surface area contributed by atoms with Crippen LogP contribution in [0.4, 0.5) is 5.69 Å². The number of nitrogens with zero attached hydrogens (tertiary/aromatic N) is 2. The maximum absolute atomic E-state index is 11.7. The Morgan fingerprint density at radius 2 is 2.32 bits per heavy atom. The van der Waals surface area contributed by atoms with Gasteiger partial charge in [-0.1, -0.05) is 11.6 Å². The van der Waals surface area contributed by atoms with E-state index < -0.39 is 0 Å². The van der Waals surface area contributed by atoms with Crippen molar-refractivity contribution in [2.45, 2.75) is 0 Å². The standard InChI is InChI=1S/C13H16ClN3O2/c1-17(9-13(18)16-5-6-19-2)12-4-3-11(14)7-10(12)8-15/h3-4,7H,5-6,9H2,1-2H3,(H,16,18). The van der Waals surface area contributed by atoms with Crippen LogP contribution in [0, 0.1) is 11.3 Å². The number of benzene rings is 1. The van der Waals surface area contributed by atoms with Gasteiger partial charge in [-0.25, -0.2) is 0 Å². The van der Waals surface area contributed by atoms with Crippen LogP contribution in [0.2, 0.25) is 5.02 Å². The highest BCUT2D eigenvalue weighted by Gasteiger charge is 2.11. The summed E-state index contributed by atoms with van der Waals surface area (Å²) < 4.78 is 4.85. The van der Waals surface area contributed by atoms with Crippen molar-refractivity contribution in [3.63, 3.8) is 0 Å². The summed E-state index contributed by atoms with van der Waals surface area (Å²) in [5, 5.41) is 12.3. The Balaban J connectivity index is 2.65. The Kier molecular flexibility index (Phi) is 6.13. The Labute approximate surface area is 117 Å². The topological polar surface area (TPSA) is 65.4 Å². The van der Waals surface area contributed by atoms with E-state index in [1.54, 1.807) is 37.3 Å². The zero-order chi connectivity index (χ0) is 14.3. The zero-order valence-electron chi connectivity index (χ0n) is 10.9. The molecular formula is C13H16ClN3O2. The van der Waals surface area contributed by atoms with E-state index in [1.807, 2.05) is 0 Å². The molecular weight excluding hydrogens is 266 g/mol. The van der Waals surface area contributed by atoms with Crippen molar-refractivity contribution < 1.29 is 9.53 Å². The number of ether oxygens (including phenoxy) is 1. The summed E-state index contributed by atoms with van der Waals surface area (Å²) >= 11 is 5.83. The van der Waals surface area contributed by atoms with Gasteiger partial charge in [-0.05, 0) is 18.2 Å². The monoisotopic (exact) mass is 281 g/mol. The number of rotatable bonds is 6. The number of hydrogen-bond acceptors (Lipinski definition) is 4. The summed E-state index contributed by atoms with van der Waals surface area (Å²) in [7, 11) is 3.32. The second-order valence-electron chi connectivity index (χ2n) is 3.97. The number of likely N-dealkylation sites (N-methyl/N-ethyl adjacent to an activating group) is 1. The number of halogens is 1. The third-order valence-electron chi connectivity index (χ3n) is 2.50. The summed E-state index contributed by atoms with van der Waals surface area (Å²) in [5.41, 5.74) is 1.12. The van der Waals surface area contributed by atoms with Crippen molar-refractivity contribution in [3.8, 4) is 6.07 Å². The highest BCUT2D eigenvalue weighted by Crippen LogP contribution is 2.22. The SMILES string of the molecule is COCCNC(=O)CN(C)c1ccc(Cl)cc1C#N. The summed E-state index contributed by atoms with van der Waals surface area (Å²) in [4.78, 5) is 13.4. The second-order valence-corrected chi connectivity index (χ2v) is 4.41. The average molecular weight is 282 g/mol. The van der Waals surface area contributed by atoms with Crippen LogP contribution >= 0.6 is 11.6 Å².